The summed E-state index contributed by atoms with van der Waals surface area (Å²) in [5, 5.41) is 0.0553. The first kappa shape index (κ1) is 21.0. The minimum absolute atomic E-state index is 0.238. The third-order valence-electron chi connectivity index (χ3n) is 4.03. The van der Waals surface area contributed by atoms with Gasteiger partial charge in [0.15, 0.2) is 11.5 Å². The number of halogens is 1. The van der Waals surface area contributed by atoms with Gasteiger partial charge >= 0.3 is 0 Å². The SMILES string of the molecule is C=CCOc1c(Cl)cc(C=C2SC(=O)N(Cc3ccccc3)C2=O)cc1OCC. The molecule has 3 rings (SSSR count). The van der Waals surface area contributed by atoms with Crippen LogP contribution in [0.2, 0.25) is 5.02 Å². The maximum Gasteiger partial charge on any atom is 0.293 e. The lowest BCUT2D eigenvalue weighted by Crippen LogP contribution is -2.27. The van der Waals surface area contributed by atoms with Crippen molar-refractivity contribution in [1.29, 1.82) is 0 Å². The topological polar surface area (TPSA) is 55.8 Å². The zero-order chi connectivity index (χ0) is 20.8. The van der Waals surface area contributed by atoms with Crippen molar-refractivity contribution >= 4 is 40.6 Å². The van der Waals surface area contributed by atoms with E-state index < -0.39 is 0 Å². The molecule has 7 heteroatoms. The first-order valence-electron chi connectivity index (χ1n) is 9.02. The molecule has 2 amide bonds. The Hall–Kier alpha value is -2.70. The van der Waals surface area contributed by atoms with Gasteiger partial charge in [0, 0.05) is 0 Å². The van der Waals surface area contributed by atoms with Crippen LogP contribution in [0.5, 0.6) is 11.5 Å². The molecule has 0 radical (unpaired) electrons. The van der Waals surface area contributed by atoms with Crippen LogP contribution in [0.3, 0.4) is 0 Å². The number of nitrogens with zero attached hydrogens (tertiary/aromatic N) is 1. The Bertz CT molecular complexity index is 959. The molecule has 2 aromatic carbocycles. The number of ether oxygens (including phenoxy) is 2. The summed E-state index contributed by atoms with van der Waals surface area (Å²) < 4.78 is 11.2. The molecule has 150 valence electrons. The number of rotatable bonds is 8. The number of carbonyl (C=O) groups is 2. The number of imide groups is 1. The average molecular weight is 430 g/mol. The predicted molar refractivity (Wildman–Crippen MR) is 116 cm³/mol. The van der Waals surface area contributed by atoms with Crippen molar-refractivity contribution in [3.63, 3.8) is 0 Å². The van der Waals surface area contributed by atoms with Crippen LogP contribution in [0, 0.1) is 0 Å². The molecule has 0 saturated carbocycles. The van der Waals surface area contributed by atoms with Gasteiger partial charge in [-0.15, -0.1) is 0 Å². The highest BCUT2D eigenvalue weighted by molar-refractivity contribution is 8.18. The fourth-order valence-electron chi connectivity index (χ4n) is 2.77. The molecule has 1 fully saturated rings. The molecule has 0 bridgehead atoms. The standard InChI is InChI=1S/C22H20ClNO4S/c1-3-10-28-20-17(23)11-16(12-18(20)27-4-2)13-19-21(25)24(22(26)29-19)14-15-8-6-5-7-9-15/h3,5-9,11-13H,1,4,10,14H2,2H3. The van der Waals surface area contributed by atoms with Crippen molar-refractivity contribution in [3.05, 3.63) is 76.2 Å². The van der Waals surface area contributed by atoms with Crippen LogP contribution in [0.15, 0.2) is 60.0 Å². The van der Waals surface area contributed by atoms with Gasteiger partial charge in [-0.1, -0.05) is 54.6 Å². The van der Waals surface area contributed by atoms with Crippen LogP contribution < -0.4 is 9.47 Å². The molecule has 1 aliphatic heterocycles. The van der Waals surface area contributed by atoms with E-state index in [4.69, 9.17) is 21.1 Å². The van der Waals surface area contributed by atoms with Gasteiger partial charge in [-0.2, -0.15) is 0 Å². The van der Waals surface area contributed by atoms with E-state index in [1.807, 2.05) is 37.3 Å². The highest BCUT2D eigenvalue weighted by Gasteiger charge is 2.35. The molecule has 0 aliphatic carbocycles. The summed E-state index contributed by atoms with van der Waals surface area (Å²) in [5.74, 6) is 0.560. The van der Waals surface area contributed by atoms with Crippen molar-refractivity contribution in [2.45, 2.75) is 13.5 Å². The van der Waals surface area contributed by atoms with Crippen molar-refractivity contribution in [1.82, 2.24) is 4.90 Å². The minimum Gasteiger partial charge on any atom is -0.490 e. The molecule has 1 aliphatic rings. The third-order valence-corrected chi connectivity index (χ3v) is 5.22. The van der Waals surface area contributed by atoms with Gasteiger partial charge in [0.05, 0.1) is 23.1 Å². The lowest BCUT2D eigenvalue weighted by Gasteiger charge is -2.14. The molecule has 0 atom stereocenters. The fraction of sp³-hybridized carbons (Fsp3) is 0.182. The molecule has 1 heterocycles. The van der Waals surface area contributed by atoms with E-state index in [0.29, 0.717) is 33.6 Å². The Morgan fingerprint density at radius 3 is 2.62 bits per heavy atom. The van der Waals surface area contributed by atoms with Crippen LogP contribution in [-0.4, -0.2) is 29.3 Å². The van der Waals surface area contributed by atoms with Gasteiger partial charge in [-0.3, -0.25) is 14.5 Å². The first-order valence-corrected chi connectivity index (χ1v) is 10.2. The van der Waals surface area contributed by atoms with Crippen LogP contribution in [0.1, 0.15) is 18.1 Å². The number of carbonyl (C=O) groups excluding carboxylic acids is 2. The highest BCUT2D eigenvalue weighted by atomic mass is 35.5. The van der Waals surface area contributed by atoms with E-state index in [0.717, 1.165) is 17.3 Å². The van der Waals surface area contributed by atoms with Gasteiger partial charge in [-0.05, 0) is 48.0 Å². The van der Waals surface area contributed by atoms with Crippen LogP contribution in [0.25, 0.3) is 6.08 Å². The first-order chi connectivity index (χ1) is 14.0. The lowest BCUT2D eigenvalue weighted by molar-refractivity contribution is -0.123. The maximum absolute atomic E-state index is 12.7. The third kappa shape index (κ3) is 5.02. The summed E-state index contributed by atoms with van der Waals surface area (Å²) in [5.41, 5.74) is 1.54. The van der Waals surface area contributed by atoms with E-state index in [-0.39, 0.29) is 24.3 Å². The van der Waals surface area contributed by atoms with Crippen molar-refractivity contribution < 1.29 is 19.1 Å². The van der Waals surface area contributed by atoms with Crippen LogP contribution in [-0.2, 0) is 11.3 Å². The number of hydrogen-bond donors (Lipinski definition) is 0. The van der Waals surface area contributed by atoms with Crippen molar-refractivity contribution in [3.8, 4) is 11.5 Å². The van der Waals surface area contributed by atoms with Gasteiger partial charge in [0.2, 0.25) is 0 Å². The molecule has 0 N–H and O–H groups in total. The number of thioether (sulfide) groups is 1. The molecule has 0 aromatic heterocycles. The molecule has 29 heavy (non-hydrogen) atoms. The Morgan fingerprint density at radius 2 is 1.93 bits per heavy atom. The molecule has 1 saturated heterocycles. The molecule has 5 nitrogen and oxygen atoms in total. The smallest absolute Gasteiger partial charge is 0.293 e. The summed E-state index contributed by atoms with van der Waals surface area (Å²) in [6, 6.07) is 12.8. The zero-order valence-corrected chi connectivity index (χ0v) is 17.5. The second kappa shape index (κ2) is 9.67. The number of hydrogen-bond acceptors (Lipinski definition) is 5. The van der Waals surface area contributed by atoms with Crippen LogP contribution in [0.4, 0.5) is 4.79 Å². The number of amides is 2. The average Bonchev–Trinajstić information content (AvgIpc) is 2.96. The van der Waals surface area contributed by atoms with E-state index >= 15 is 0 Å². The van der Waals surface area contributed by atoms with Crippen LogP contribution >= 0.6 is 23.4 Å². The lowest BCUT2D eigenvalue weighted by atomic mass is 10.1. The monoisotopic (exact) mass is 429 g/mol. The quantitative estimate of drug-likeness (QED) is 0.407. The van der Waals surface area contributed by atoms with Gasteiger partial charge in [-0.25, -0.2) is 0 Å². The summed E-state index contributed by atoms with van der Waals surface area (Å²) in [6.45, 7) is 6.43. The van der Waals surface area contributed by atoms with E-state index in [1.54, 1.807) is 24.3 Å². The number of benzene rings is 2. The Morgan fingerprint density at radius 1 is 1.17 bits per heavy atom. The molecule has 2 aromatic rings. The Labute approximate surface area is 178 Å². The fourth-order valence-corrected chi connectivity index (χ4v) is 3.88. The summed E-state index contributed by atoms with van der Waals surface area (Å²) in [4.78, 5) is 26.7. The minimum atomic E-state index is -0.329. The summed E-state index contributed by atoms with van der Waals surface area (Å²) in [6.07, 6.45) is 3.25. The largest absolute Gasteiger partial charge is 0.490 e. The predicted octanol–water partition coefficient (Wildman–Crippen LogP) is 5.54. The Kier molecular flexibility index (Phi) is 7.01. The molecular formula is C22H20ClNO4S. The van der Waals surface area contributed by atoms with Crippen molar-refractivity contribution in [2.24, 2.45) is 0 Å². The molecule has 0 unspecified atom stereocenters. The van der Waals surface area contributed by atoms with Gasteiger partial charge in [0.25, 0.3) is 11.1 Å². The Balaban J connectivity index is 1.86. The van der Waals surface area contributed by atoms with Gasteiger partial charge in [0.1, 0.15) is 6.61 Å². The zero-order valence-electron chi connectivity index (χ0n) is 15.9. The van der Waals surface area contributed by atoms with E-state index in [9.17, 15) is 9.59 Å². The normalized spacial score (nSPS) is 15.1. The second-order valence-electron chi connectivity index (χ2n) is 6.12. The maximum atomic E-state index is 12.7. The highest BCUT2D eigenvalue weighted by Crippen LogP contribution is 2.39. The summed E-state index contributed by atoms with van der Waals surface area (Å²) >= 11 is 7.26. The summed E-state index contributed by atoms with van der Waals surface area (Å²) in [7, 11) is 0. The molecular weight excluding hydrogens is 410 g/mol. The van der Waals surface area contributed by atoms with E-state index in [2.05, 4.69) is 6.58 Å². The van der Waals surface area contributed by atoms with Gasteiger partial charge < -0.3 is 9.47 Å². The van der Waals surface area contributed by atoms with E-state index in [1.165, 1.54) is 4.90 Å². The van der Waals surface area contributed by atoms with Crippen molar-refractivity contribution in [2.75, 3.05) is 13.2 Å². The second-order valence-corrected chi connectivity index (χ2v) is 7.52. The molecule has 0 spiro atoms.